The molecule has 0 heterocycles. The third kappa shape index (κ3) is 3.77. The summed E-state index contributed by atoms with van der Waals surface area (Å²) in [6, 6.07) is 21.4. The summed E-state index contributed by atoms with van der Waals surface area (Å²) in [5.41, 5.74) is 21.0. The molecule has 0 aromatic heterocycles. The van der Waals surface area contributed by atoms with E-state index >= 15 is 0 Å². The fourth-order valence-corrected chi connectivity index (χ4v) is 2.94. The fourth-order valence-electron chi connectivity index (χ4n) is 2.94. The van der Waals surface area contributed by atoms with E-state index in [9.17, 15) is 0 Å². The Morgan fingerprint density at radius 2 is 0.875 bits per heavy atom. The molecule has 0 saturated heterocycles. The van der Waals surface area contributed by atoms with Gasteiger partial charge >= 0.3 is 0 Å². The Hall–Kier alpha value is -2.74. The largest absolute Gasteiger partial charge is 0.399 e. The normalized spacial score (nSPS) is 10.8. The van der Waals surface area contributed by atoms with Gasteiger partial charge in [0.05, 0.1) is 0 Å². The maximum Gasteiger partial charge on any atom is 0.0343 e. The zero-order valence-electron chi connectivity index (χ0n) is 14.3. The SMILES string of the molecule is Cc1cc(Cc2ccc(Cc3ccc(N)c(C)c3)cc2)ccc1N. The monoisotopic (exact) mass is 316 g/mol. The van der Waals surface area contributed by atoms with Crippen LogP contribution in [0.1, 0.15) is 33.4 Å². The van der Waals surface area contributed by atoms with Crippen molar-refractivity contribution in [3.8, 4) is 0 Å². The van der Waals surface area contributed by atoms with E-state index in [2.05, 4.69) is 62.4 Å². The summed E-state index contributed by atoms with van der Waals surface area (Å²) < 4.78 is 0. The summed E-state index contributed by atoms with van der Waals surface area (Å²) in [5, 5.41) is 0. The van der Waals surface area contributed by atoms with E-state index in [0.717, 1.165) is 35.3 Å². The third-order valence-corrected chi connectivity index (χ3v) is 4.51. The van der Waals surface area contributed by atoms with Crippen molar-refractivity contribution >= 4 is 11.4 Å². The van der Waals surface area contributed by atoms with Crippen molar-refractivity contribution in [1.82, 2.24) is 0 Å². The average Bonchev–Trinajstić information content (AvgIpc) is 2.56. The first kappa shape index (κ1) is 16.1. The summed E-state index contributed by atoms with van der Waals surface area (Å²) in [5.74, 6) is 0. The Kier molecular flexibility index (Phi) is 4.57. The minimum atomic E-state index is 0.855. The van der Waals surface area contributed by atoms with Gasteiger partial charge in [0, 0.05) is 11.4 Å². The quantitative estimate of drug-likeness (QED) is 0.688. The molecule has 0 aliphatic heterocycles. The number of nitrogen functional groups attached to an aromatic ring is 2. The highest BCUT2D eigenvalue weighted by Gasteiger charge is 2.02. The molecule has 0 unspecified atom stereocenters. The maximum absolute atomic E-state index is 5.89. The van der Waals surface area contributed by atoms with Crippen LogP contribution < -0.4 is 11.5 Å². The van der Waals surface area contributed by atoms with Crippen molar-refractivity contribution in [3.63, 3.8) is 0 Å². The Morgan fingerprint density at radius 1 is 0.542 bits per heavy atom. The first-order valence-corrected chi connectivity index (χ1v) is 8.29. The molecule has 0 saturated carbocycles. The number of anilines is 2. The highest BCUT2D eigenvalue weighted by molar-refractivity contribution is 5.49. The van der Waals surface area contributed by atoms with Gasteiger partial charge < -0.3 is 11.5 Å². The molecule has 2 nitrogen and oxygen atoms in total. The fraction of sp³-hybridized carbons (Fsp3) is 0.182. The molecular formula is C22H24N2. The highest BCUT2D eigenvalue weighted by Crippen LogP contribution is 2.19. The molecule has 0 aliphatic carbocycles. The van der Waals surface area contributed by atoms with Crippen molar-refractivity contribution < 1.29 is 0 Å². The van der Waals surface area contributed by atoms with E-state index < -0.39 is 0 Å². The number of nitrogens with two attached hydrogens (primary N) is 2. The number of hydrogen-bond acceptors (Lipinski definition) is 2. The Bertz CT molecular complexity index is 776. The van der Waals surface area contributed by atoms with Crippen molar-refractivity contribution in [2.75, 3.05) is 11.5 Å². The van der Waals surface area contributed by atoms with Gasteiger partial charge in [-0.25, -0.2) is 0 Å². The van der Waals surface area contributed by atoms with Crippen LogP contribution in [0.5, 0.6) is 0 Å². The zero-order valence-corrected chi connectivity index (χ0v) is 14.3. The van der Waals surface area contributed by atoms with Gasteiger partial charge in [-0.3, -0.25) is 0 Å². The second-order valence-corrected chi connectivity index (χ2v) is 6.55. The van der Waals surface area contributed by atoms with Crippen LogP contribution in [0.3, 0.4) is 0 Å². The number of benzene rings is 3. The Morgan fingerprint density at radius 3 is 1.21 bits per heavy atom. The molecule has 0 amide bonds. The smallest absolute Gasteiger partial charge is 0.0343 e. The van der Waals surface area contributed by atoms with E-state index in [0.29, 0.717) is 0 Å². The van der Waals surface area contributed by atoms with Crippen molar-refractivity contribution in [1.29, 1.82) is 0 Å². The zero-order chi connectivity index (χ0) is 17.1. The molecule has 0 spiro atoms. The lowest BCUT2D eigenvalue weighted by atomic mass is 9.98. The highest BCUT2D eigenvalue weighted by atomic mass is 14.6. The van der Waals surface area contributed by atoms with E-state index in [-0.39, 0.29) is 0 Å². The van der Waals surface area contributed by atoms with E-state index in [1.54, 1.807) is 0 Å². The lowest BCUT2D eigenvalue weighted by Gasteiger charge is -2.08. The Balaban J connectivity index is 1.70. The van der Waals surface area contributed by atoms with Crippen molar-refractivity contribution in [3.05, 3.63) is 94.0 Å². The molecule has 0 aliphatic rings. The predicted octanol–water partition coefficient (Wildman–Crippen LogP) is 4.65. The van der Waals surface area contributed by atoms with Gasteiger partial charge in [-0.2, -0.15) is 0 Å². The average molecular weight is 316 g/mol. The summed E-state index contributed by atoms with van der Waals surface area (Å²) in [6.07, 6.45) is 1.87. The molecule has 0 bridgehead atoms. The van der Waals surface area contributed by atoms with Crippen LogP contribution in [0.2, 0.25) is 0 Å². The van der Waals surface area contributed by atoms with Gasteiger partial charge in [-0.05, 0) is 72.2 Å². The van der Waals surface area contributed by atoms with E-state index in [1.807, 2.05) is 12.1 Å². The predicted molar refractivity (Wildman–Crippen MR) is 103 cm³/mol. The molecule has 3 aromatic rings. The standard InChI is InChI=1S/C22H24N2/c1-15-11-19(7-9-21(15)23)13-17-3-5-18(6-4-17)14-20-8-10-22(24)16(2)12-20/h3-12H,13-14,23-24H2,1-2H3. The van der Waals surface area contributed by atoms with Crippen LogP contribution in [0.15, 0.2) is 60.7 Å². The summed E-state index contributed by atoms with van der Waals surface area (Å²) in [4.78, 5) is 0. The van der Waals surface area contributed by atoms with Gasteiger partial charge in [0.2, 0.25) is 0 Å². The summed E-state index contributed by atoms with van der Waals surface area (Å²) in [7, 11) is 0. The lowest BCUT2D eigenvalue weighted by Crippen LogP contribution is -1.95. The first-order valence-electron chi connectivity index (χ1n) is 8.29. The van der Waals surface area contributed by atoms with Gasteiger partial charge in [0.15, 0.2) is 0 Å². The van der Waals surface area contributed by atoms with Gasteiger partial charge in [0.1, 0.15) is 0 Å². The molecule has 2 heteroatoms. The van der Waals surface area contributed by atoms with Gasteiger partial charge in [-0.15, -0.1) is 0 Å². The first-order chi connectivity index (χ1) is 11.5. The van der Waals surface area contributed by atoms with Crippen LogP contribution in [-0.4, -0.2) is 0 Å². The minimum absolute atomic E-state index is 0.855. The molecule has 122 valence electrons. The second kappa shape index (κ2) is 6.79. The molecule has 0 atom stereocenters. The topological polar surface area (TPSA) is 52.0 Å². The molecule has 0 fully saturated rings. The minimum Gasteiger partial charge on any atom is -0.399 e. The van der Waals surface area contributed by atoms with Crippen LogP contribution in [0.4, 0.5) is 11.4 Å². The van der Waals surface area contributed by atoms with E-state index in [4.69, 9.17) is 11.5 Å². The number of rotatable bonds is 4. The molecule has 3 aromatic carbocycles. The number of aryl methyl sites for hydroxylation is 2. The molecule has 3 rings (SSSR count). The summed E-state index contributed by atoms with van der Waals surface area (Å²) >= 11 is 0. The lowest BCUT2D eigenvalue weighted by molar-refractivity contribution is 1.14. The van der Waals surface area contributed by atoms with Crippen LogP contribution in [0, 0.1) is 13.8 Å². The maximum atomic E-state index is 5.89. The van der Waals surface area contributed by atoms with Crippen molar-refractivity contribution in [2.24, 2.45) is 0 Å². The molecular weight excluding hydrogens is 292 g/mol. The molecule has 4 N–H and O–H groups in total. The molecule has 24 heavy (non-hydrogen) atoms. The Labute approximate surface area is 144 Å². The summed E-state index contributed by atoms with van der Waals surface area (Å²) in [6.45, 7) is 4.10. The van der Waals surface area contributed by atoms with Crippen LogP contribution in [-0.2, 0) is 12.8 Å². The van der Waals surface area contributed by atoms with Crippen LogP contribution >= 0.6 is 0 Å². The number of hydrogen-bond donors (Lipinski definition) is 2. The second-order valence-electron chi connectivity index (χ2n) is 6.55. The third-order valence-electron chi connectivity index (χ3n) is 4.51. The molecule has 0 radical (unpaired) electrons. The van der Waals surface area contributed by atoms with Gasteiger partial charge in [0.25, 0.3) is 0 Å². The van der Waals surface area contributed by atoms with Crippen molar-refractivity contribution in [2.45, 2.75) is 26.7 Å². The van der Waals surface area contributed by atoms with Gasteiger partial charge in [-0.1, -0.05) is 48.5 Å². The van der Waals surface area contributed by atoms with Crippen LogP contribution in [0.25, 0.3) is 0 Å². The van der Waals surface area contributed by atoms with E-state index in [1.165, 1.54) is 22.3 Å².